The summed E-state index contributed by atoms with van der Waals surface area (Å²) >= 11 is 1.25. The first-order valence-electron chi connectivity index (χ1n) is 9.88. The summed E-state index contributed by atoms with van der Waals surface area (Å²) in [5, 5.41) is 10.0. The Morgan fingerprint density at radius 1 is 0.917 bits per heavy atom. The van der Waals surface area contributed by atoms with Crippen LogP contribution in [-0.4, -0.2) is 21.1 Å². The molecule has 0 aliphatic rings. The van der Waals surface area contributed by atoms with E-state index in [4.69, 9.17) is 0 Å². The fourth-order valence-electron chi connectivity index (χ4n) is 2.66. The van der Waals surface area contributed by atoms with Gasteiger partial charge in [-0.15, -0.1) is 0 Å². The lowest BCUT2D eigenvalue weighted by atomic mass is 10.0. The molecule has 0 saturated carbocycles. The van der Waals surface area contributed by atoms with Crippen molar-refractivity contribution in [1.82, 2.24) is 0 Å². The maximum absolute atomic E-state index is 12.0. The fraction of sp³-hybridized carbons (Fsp3) is 0.857. The van der Waals surface area contributed by atoms with Crippen LogP contribution < -0.4 is 0 Å². The van der Waals surface area contributed by atoms with Crippen molar-refractivity contribution in [2.24, 2.45) is 0 Å². The predicted molar refractivity (Wildman–Crippen MR) is 109 cm³/mol. The summed E-state index contributed by atoms with van der Waals surface area (Å²) in [6, 6.07) is 0. The standard InChI is InChI=1S/C21H40O2S/c1-6-7-8-9-10-11-12-13-14-15-16-17-19(22)18(2)20(23)24-21(3,4)5/h19,22H,2,6-17H2,1,3-5H3. The van der Waals surface area contributed by atoms with Crippen molar-refractivity contribution in [1.29, 1.82) is 0 Å². The number of hydrogen-bond donors (Lipinski definition) is 1. The van der Waals surface area contributed by atoms with E-state index in [-0.39, 0.29) is 9.86 Å². The van der Waals surface area contributed by atoms with Gasteiger partial charge in [0.25, 0.3) is 0 Å². The topological polar surface area (TPSA) is 37.3 Å². The van der Waals surface area contributed by atoms with Gasteiger partial charge in [-0.25, -0.2) is 0 Å². The maximum atomic E-state index is 12.0. The fourth-order valence-corrected chi connectivity index (χ4v) is 3.48. The quantitative estimate of drug-likeness (QED) is 0.279. The highest BCUT2D eigenvalue weighted by atomic mass is 32.2. The lowest BCUT2D eigenvalue weighted by Gasteiger charge is -2.19. The molecule has 0 bridgehead atoms. The Balaban J connectivity index is 3.56. The highest BCUT2D eigenvalue weighted by Crippen LogP contribution is 2.28. The van der Waals surface area contributed by atoms with Gasteiger partial charge >= 0.3 is 0 Å². The van der Waals surface area contributed by atoms with E-state index in [0.717, 1.165) is 12.8 Å². The van der Waals surface area contributed by atoms with Crippen molar-refractivity contribution in [3.05, 3.63) is 12.2 Å². The van der Waals surface area contributed by atoms with Gasteiger partial charge in [-0.2, -0.15) is 0 Å². The molecule has 1 atom stereocenters. The third-order valence-corrected chi connectivity index (χ3v) is 5.20. The van der Waals surface area contributed by atoms with Crippen LogP contribution in [0.25, 0.3) is 0 Å². The number of unbranched alkanes of at least 4 members (excludes halogenated alkanes) is 10. The van der Waals surface area contributed by atoms with E-state index in [1.165, 1.54) is 69.5 Å². The van der Waals surface area contributed by atoms with E-state index in [2.05, 4.69) is 13.5 Å². The molecule has 1 N–H and O–H groups in total. The van der Waals surface area contributed by atoms with Crippen LogP contribution in [0.2, 0.25) is 0 Å². The zero-order valence-electron chi connectivity index (χ0n) is 16.5. The second kappa shape index (κ2) is 13.9. The maximum Gasteiger partial charge on any atom is 0.217 e. The molecule has 0 saturated heterocycles. The minimum Gasteiger partial charge on any atom is -0.388 e. The molecule has 0 aromatic carbocycles. The molecule has 0 heterocycles. The molecule has 24 heavy (non-hydrogen) atoms. The first-order chi connectivity index (χ1) is 11.3. The third kappa shape index (κ3) is 14.1. The molecule has 3 heteroatoms. The van der Waals surface area contributed by atoms with E-state index in [9.17, 15) is 9.90 Å². The summed E-state index contributed by atoms with van der Waals surface area (Å²) in [6.45, 7) is 12.0. The van der Waals surface area contributed by atoms with Crippen molar-refractivity contribution in [2.45, 2.75) is 116 Å². The van der Waals surface area contributed by atoms with Gasteiger partial charge in [0.1, 0.15) is 0 Å². The molecular formula is C21H40O2S. The van der Waals surface area contributed by atoms with Crippen LogP contribution in [0.5, 0.6) is 0 Å². The van der Waals surface area contributed by atoms with Crippen LogP contribution >= 0.6 is 11.8 Å². The Bertz CT molecular complexity index is 344. The minimum atomic E-state index is -0.675. The van der Waals surface area contributed by atoms with Crippen LogP contribution in [-0.2, 0) is 4.79 Å². The third-order valence-electron chi connectivity index (χ3n) is 4.14. The Morgan fingerprint density at radius 3 is 1.75 bits per heavy atom. The Labute approximate surface area is 154 Å². The molecule has 0 fully saturated rings. The van der Waals surface area contributed by atoms with Crippen LogP contribution in [0.4, 0.5) is 0 Å². The molecule has 0 radical (unpaired) electrons. The smallest absolute Gasteiger partial charge is 0.217 e. The van der Waals surface area contributed by atoms with E-state index < -0.39 is 6.10 Å². The predicted octanol–water partition coefficient (Wildman–Crippen LogP) is 6.66. The number of aliphatic hydroxyl groups excluding tert-OH is 1. The second-order valence-electron chi connectivity index (χ2n) is 7.87. The van der Waals surface area contributed by atoms with Crippen LogP contribution in [0.15, 0.2) is 12.2 Å². The molecule has 0 aromatic heterocycles. The van der Waals surface area contributed by atoms with Gasteiger partial charge in [-0.1, -0.05) is 117 Å². The number of carbonyl (C=O) groups excluding carboxylic acids is 1. The van der Waals surface area contributed by atoms with Crippen LogP contribution in [0.1, 0.15) is 105 Å². The molecule has 0 amide bonds. The Kier molecular flexibility index (Phi) is 13.8. The summed E-state index contributed by atoms with van der Waals surface area (Å²) in [7, 11) is 0. The van der Waals surface area contributed by atoms with Crippen molar-refractivity contribution < 1.29 is 9.90 Å². The average Bonchev–Trinajstić information content (AvgIpc) is 2.50. The Morgan fingerprint density at radius 2 is 1.33 bits per heavy atom. The van der Waals surface area contributed by atoms with Gasteiger partial charge in [-0.05, 0) is 6.42 Å². The molecule has 0 aromatic rings. The molecule has 2 nitrogen and oxygen atoms in total. The number of rotatable bonds is 14. The zero-order chi connectivity index (χ0) is 18.4. The average molecular weight is 357 g/mol. The summed E-state index contributed by atoms with van der Waals surface area (Å²) in [5.74, 6) is 0. The summed E-state index contributed by atoms with van der Waals surface area (Å²) < 4.78 is -0.129. The van der Waals surface area contributed by atoms with E-state index in [0.29, 0.717) is 12.0 Å². The van der Waals surface area contributed by atoms with Gasteiger partial charge in [0.15, 0.2) is 0 Å². The normalized spacial score (nSPS) is 13.0. The minimum absolute atomic E-state index is 0.0712. The SMILES string of the molecule is C=C(C(=O)SC(C)(C)C)C(O)CCCCCCCCCCCCC. The number of hydrogen-bond acceptors (Lipinski definition) is 3. The van der Waals surface area contributed by atoms with Crippen molar-refractivity contribution in [3.63, 3.8) is 0 Å². The highest BCUT2D eigenvalue weighted by Gasteiger charge is 2.22. The van der Waals surface area contributed by atoms with E-state index >= 15 is 0 Å². The molecule has 142 valence electrons. The lowest BCUT2D eigenvalue weighted by molar-refractivity contribution is -0.108. The van der Waals surface area contributed by atoms with Gasteiger partial charge in [0, 0.05) is 10.3 Å². The van der Waals surface area contributed by atoms with Crippen LogP contribution in [0, 0.1) is 0 Å². The zero-order valence-corrected chi connectivity index (χ0v) is 17.3. The van der Waals surface area contributed by atoms with Gasteiger partial charge in [-0.3, -0.25) is 4.79 Å². The van der Waals surface area contributed by atoms with Crippen molar-refractivity contribution in [2.75, 3.05) is 0 Å². The first kappa shape index (κ1) is 23.7. The van der Waals surface area contributed by atoms with Gasteiger partial charge in [0.2, 0.25) is 5.12 Å². The Hall–Kier alpha value is -0.280. The molecule has 0 spiro atoms. The molecule has 1 unspecified atom stereocenters. The summed E-state index contributed by atoms with van der Waals surface area (Å²) in [6.07, 6.45) is 14.2. The highest BCUT2D eigenvalue weighted by molar-refractivity contribution is 8.15. The van der Waals surface area contributed by atoms with Crippen LogP contribution in [0.3, 0.4) is 0 Å². The number of carbonyl (C=O) groups is 1. The first-order valence-corrected chi connectivity index (χ1v) is 10.7. The largest absolute Gasteiger partial charge is 0.388 e. The summed E-state index contributed by atoms with van der Waals surface area (Å²) in [5.41, 5.74) is 0.363. The molecule has 0 rings (SSSR count). The molecular weight excluding hydrogens is 316 g/mol. The summed E-state index contributed by atoms with van der Waals surface area (Å²) in [4.78, 5) is 12.0. The van der Waals surface area contributed by atoms with Gasteiger partial charge < -0.3 is 5.11 Å². The molecule has 0 aliphatic carbocycles. The number of aliphatic hydroxyl groups is 1. The van der Waals surface area contributed by atoms with Crippen molar-refractivity contribution >= 4 is 16.9 Å². The monoisotopic (exact) mass is 356 g/mol. The second-order valence-corrected chi connectivity index (χ2v) is 9.67. The number of thioether (sulfide) groups is 1. The molecule has 0 aliphatic heterocycles. The van der Waals surface area contributed by atoms with Gasteiger partial charge in [0.05, 0.1) is 6.10 Å². The van der Waals surface area contributed by atoms with E-state index in [1.54, 1.807) is 0 Å². The van der Waals surface area contributed by atoms with Crippen molar-refractivity contribution in [3.8, 4) is 0 Å². The lowest BCUT2D eigenvalue weighted by Crippen LogP contribution is -2.19. The van der Waals surface area contributed by atoms with E-state index in [1.807, 2.05) is 20.8 Å².